The summed E-state index contributed by atoms with van der Waals surface area (Å²) in [5.41, 5.74) is 1.23. The van der Waals surface area contributed by atoms with Crippen molar-refractivity contribution in [2.45, 2.75) is 45.3 Å². The summed E-state index contributed by atoms with van der Waals surface area (Å²) in [6.45, 7) is 4.50. The number of rotatable bonds is 7. The number of nitrogens with one attached hydrogen (secondary N) is 2. The lowest BCUT2D eigenvalue weighted by molar-refractivity contribution is -0.121. The van der Waals surface area contributed by atoms with Crippen molar-refractivity contribution >= 4 is 5.91 Å². The van der Waals surface area contributed by atoms with Crippen LogP contribution in [0.2, 0.25) is 0 Å². The van der Waals surface area contributed by atoms with Gasteiger partial charge in [0.05, 0.1) is 0 Å². The van der Waals surface area contributed by atoms with E-state index in [0.29, 0.717) is 12.6 Å². The number of carbonyl (C=O) groups excluding carboxylic acids is 1. The van der Waals surface area contributed by atoms with E-state index < -0.39 is 0 Å². The molecule has 2 rings (SSSR count). The average molecular weight is 235 g/mol. The topological polar surface area (TPSA) is 46.1 Å². The highest BCUT2D eigenvalue weighted by Gasteiger charge is 2.22. The van der Waals surface area contributed by atoms with Crippen LogP contribution in [0.3, 0.4) is 0 Å². The maximum absolute atomic E-state index is 11.6. The van der Waals surface area contributed by atoms with Gasteiger partial charge in [-0.25, -0.2) is 0 Å². The largest absolute Gasteiger partial charge is 0.352 e. The quantitative estimate of drug-likeness (QED) is 0.699. The van der Waals surface area contributed by atoms with Crippen LogP contribution < -0.4 is 10.6 Å². The zero-order valence-corrected chi connectivity index (χ0v) is 10.4. The van der Waals surface area contributed by atoms with E-state index in [1.807, 2.05) is 17.0 Å². The number of hydrogen-bond donors (Lipinski definition) is 2. The minimum atomic E-state index is 0.121. The van der Waals surface area contributed by atoms with Gasteiger partial charge >= 0.3 is 0 Å². The molecule has 1 amide bonds. The monoisotopic (exact) mass is 235 g/mol. The Morgan fingerprint density at radius 2 is 2.35 bits per heavy atom. The van der Waals surface area contributed by atoms with E-state index >= 15 is 0 Å². The van der Waals surface area contributed by atoms with Crippen molar-refractivity contribution in [3.8, 4) is 0 Å². The summed E-state index contributed by atoms with van der Waals surface area (Å²) in [5, 5.41) is 6.33. The van der Waals surface area contributed by atoms with Crippen molar-refractivity contribution in [3.05, 3.63) is 24.0 Å². The van der Waals surface area contributed by atoms with Crippen molar-refractivity contribution in [1.82, 2.24) is 15.2 Å². The van der Waals surface area contributed by atoms with Gasteiger partial charge in [0, 0.05) is 25.0 Å². The molecule has 0 saturated heterocycles. The lowest BCUT2D eigenvalue weighted by Crippen LogP contribution is -2.28. The van der Waals surface area contributed by atoms with E-state index in [0.717, 1.165) is 32.4 Å². The first kappa shape index (κ1) is 12.2. The molecule has 0 bridgehead atoms. The number of hydrogen-bond acceptors (Lipinski definition) is 2. The maximum atomic E-state index is 11.6. The van der Waals surface area contributed by atoms with Gasteiger partial charge in [-0.15, -0.1) is 0 Å². The molecule has 1 heterocycles. The first-order valence-electron chi connectivity index (χ1n) is 6.42. The molecule has 4 nitrogen and oxygen atoms in total. The number of carbonyl (C=O) groups is 1. The minimum Gasteiger partial charge on any atom is -0.352 e. The lowest BCUT2D eigenvalue weighted by Gasteiger charge is -2.04. The van der Waals surface area contributed by atoms with E-state index in [2.05, 4.69) is 23.6 Å². The Hall–Kier alpha value is -1.29. The molecule has 4 heteroatoms. The molecule has 1 fully saturated rings. The van der Waals surface area contributed by atoms with Gasteiger partial charge in [0.2, 0.25) is 5.91 Å². The SMILES string of the molecule is CCCNCc1ccn(CC(=O)NC2CC2)c1. The molecular formula is C13H21N3O. The highest BCUT2D eigenvalue weighted by Crippen LogP contribution is 2.18. The van der Waals surface area contributed by atoms with Crippen LogP contribution in [0.4, 0.5) is 0 Å². The normalized spacial score (nSPS) is 14.9. The van der Waals surface area contributed by atoms with E-state index in [4.69, 9.17) is 0 Å². The van der Waals surface area contributed by atoms with E-state index in [1.165, 1.54) is 5.56 Å². The molecule has 17 heavy (non-hydrogen) atoms. The number of nitrogens with zero attached hydrogens (tertiary/aromatic N) is 1. The lowest BCUT2D eigenvalue weighted by atomic mass is 10.3. The first-order chi connectivity index (χ1) is 8.28. The molecular weight excluding hydrogens is 214 g/mol. The summed E-state index contributed by atoms with van der Waals surface area (Å²) in [5.74, 6) is 0.121. The van der Waals surface area contributed by atoms with Crippen LogP contribution in [-0.4, -0.2) is 23.1 Å². The fourth-order valence-corrected chi connectivity index (χ4v) is 1.77. The van der Waals surface area contributed by atoms with Gasteiger partial charge in [0.25, 0.3) is 0 Å². The number of aromatic nitrogens is 1. The Kier molecular flexibility index (Phi) is 4.20. The van der Waals surface area contributed by atoms with E-state index in [1.54, 1.807) is 0 Å². The van der Waals surface area contributed by atoms with Gasteiger partial charge in [-0.05, 0) is 37.4 Å². The molecule has 1 aliphatic carbocycles. The molecule has 1 aliphatic rings. The van der Waals surface area contributed by atoms with Gasteiger partial charge in [-0.3, -0.25) is 4.79 Å². The molecule has 0 unspecified atom stereocenters. The second-order valence-corrected chi connectivity index (χ2v) is 4.71. The van der Waals surface area contributed by atoms with Crippen LogP contribution in [0.25, 0.3) is 0 Å². The Balaban J connectivity index is 1.74. The standard InChI is InChI=1S/C13H21N3O/c1-2-6-14-8-11-5-7-16(9-11)10-13(17)15-12-3-4-12/h5,7,9,12,14H,2-4,6,8,10H2,1H3,(H,15,17). The highest BCUT2D eigenvalue weighted by molar-refractivity contribution is 5.76. The summed E-state index contributed by atoms with van der Waals surface area (Å²) in [4.78, 5) is 11.6. The zero-order valence-electron chi connectivity index (χ0n) is 10.4. The second kappa shape index (κ2) is 5.87. The third-order valence-electron chi connectivity index (χ3n) is 2.84. The predicted octanol–water partition coefficient (Wildman–Crippen LogP) is 1.27. The molecule has 0 atom stereocenters. The van der Waals surface area contributed by atoms with Crippen molar-refractivity contribution in [2.75, 3.05) is 6.54 Å². The summed E-state index contributed by atoms with van der Waals surface area (Å²) in [6.07, 6.45) is 7.43. The predicted molar refractivity (Wildman–Crippen MR) is 67.6 cm³/mol. The molecule has 0 radical (unpaired) electrons. The molecule has 1 aromatic heterocycles. The Bertz CT molecular complexity index is 368. The Morgan fingerprint density at radius 3 is 3.06 bits per heavy atom. The average Bonchev–Trinajstić information content (AvgIpc) is 2.99. The summed E-state index contributed by atoms with van der Waals surface area (Å²) >= 11 is 0. The second-order valence-electron chi connectivity index (χ2n) is 4.71. The van der Waals surface area contributed by atoms with Gasteiger partial charge < -0.3 is 15.2 Å². The fourth-order valence-electron chi connectivity index (χ4n) is 1.77. The van der Waals surface area contributed by atoms with Gasteiger partial charge in [0.15, 0.2) is 0 Å². The van der Waals surface area contributed by atoms with Crippen molar-refractivity contribution in [1.29, 1.82) is 0 Å². The summed E-state index contributed by atoms with van der Waals surface area (Å²) < 4.78 is 1.95. The van der Waals surface area contributed by atoms with Crippen LogP contribution in [-0.2, 0) is 17.9 Å². The van der Waals surface area contributed by atoms with Crippen LogP contribution in [0.1, 0.15) is 31.7 Å². The summed E-state index contributed by atoms with van der Waals surface area (Å²) in [7, 11) is 0. The van der Waals surface area contributed by atoms with Gasteiger partial charge in [0.1, 0.15) is 6.54 Å². The molecule has 0 spiro atoms. The van der Waals surface area contributed by atoms with E-state index in [9.17, 15) is 4.79 Å². The highest BCUT2D eigenvalue weighted by atomic mass is 16.2. The molecule has 0 aromatic carbocycles. The fraction of sp³-hybridized carbons (Fsp3) is 0.615. The van der Waals surface area contributed by atoms with Crippen LogP contribution in [0, 0.1) is 0 Å². The van der Waals surface area contributed by atoms with Gasteiger partial charge in [-0.2, -0.15) is 0 Å². The zero-order chi connectivity index (χ0) is 12.1. The molecule has 2 N–H and O–H groups in total. The molecule has 0 aliphatic heterocycles. The summed E-state index contributed by atoms with van der Waals surface area (Å²) in [6, 6.07) is 2.51. The van der Waals surface area contributed by atoms with Crippen molar-refractivity contribution in [2.24, 2.45) is 0 Å². The van der Waals surface area contributed by atoms with Gasteiger partial charge in [-0.1, -0.05) is 6.92 Å². The smallest absolute Gasteiger partial charge is 0.240 e. The van der Waals surface area contributed by atoms with Crippen LogP contribution in [0.5, 0.6) is 0 Å². The first-order valence-corrected chi connectivity index (χ1v) is 6.42. The Morgan fingerprint density at radius 1 is 1.53 bits per heavy atom. The molecule has 94 valence electrons. The third-order valence-corrected chi connectivity index (χ3v) is 2.84. The van der Waals surface area contributed by atoms with Crippen molar-refractivity contribution in [3.63, 3.8) is 0 Å². The third kappa shape index (κ3) is 4.23. The molecule has 1 aromatic rings. The van der Waals surface area contributed by atoms with Crippen molar-refractivity contribution < 1.29 is 4.79 Å². The number of amides is 1. The van der Waals surface area contributed by atoms with Crippen LogP contribution >= 0.6 is 0 Å². The molecule has 1 saturated carbocycles. The maximum Gasteiger partial charge on any atom is 0.240 e. The minimum absolute atomic E-state index is 0.121. The van der Waals surface area contributed by atoms with E-state index in [-0.39, 0.29) is 5.91 Å². The van der Waals surface area contributed by atoms with Crippen LogP contribution in [0.15, 0.2) is 18.5 Å². The Labute approximate surface area is 102 Å².